The SMILES string of the molecule is CS(=O)c1ccccc1SNc1ccc(N)c(C(=N)c2csc3ccccc23)c1. The van der Waals surface area contributed by atoms with Crippen molar-refractivity contribution in [1.29, 1.82) is 5.41 Å². The molecule has 29 heavy (non-hydrogen) atoms. The van der Waals surface area contributed by atoms with Crippen LogP contribution >= 0.6 is 23.3 Å². The summed E-state index contributed by atoms with van der Waals surface area (Å²) in [5, 5.41) is 11.8. The van der Waals surface area contributed by atoms with Crippen LogP contribution in [-0.2, 0) is 10.8 Å². The summed E-state index contributed by atoms with van der Waals surface area (Å²) < 4.78 is 16.4. The Kier molecular flexibility index (Phi) is 5.71. The van der Waals surface area contributed by atoms with Gasteiger partial charge in [0.15, 0.2) is 0 Å². The summed E-state index contributed by atoms with van der Waals surface area (Å²) >= 11 is 3.03. The van der Waals surface area contributed by atoms with Crippen molar-refractivity contribution in [3.8, 4) is 0 Å². The van der Waals surface area contributed by atoms with Crippen LogP contribution in [0.1, 0.15) is 11.1 Å². The molecule has 0 bridgehead atoms. The molecule has 0 aliphatic carbocycles. The van der Waals surface area contributed by atoms with Crippen molar-refractivity contribution in [2.75, 3.05) is 16.7 Å². The molecule has 4 aromatic rings. The second-order valence-corrected chi connectivity index (χ2v) is 9.53. The lowest BCUT2D eigenvalue weighted by atomic mass is 10.00. The third-order valence-corrected chi connectivity index (χ3v) is 7.49. The standard InChI is InChI=1S/C22H19N3OS3/c1-29(26)21-9-5-4-8-20(21)28-25-14-10-11-18(23)16(12-14)22(24)17-13-27-19-7-3-2-6-15(17)19/h2-13,24-25H,23H2,1H3. The van der Waals surface area contributed by atoms with Gasteiger partial charge in [0, 0.05) is 49.1 Å². The molecular formula is C22H19N3OS3. The zero-order valence-corrected chi connectivity index (χ0v) is 18.1. The van der Waals surface area contributed by atoms with E-state index in [0.717, 1.165) is 31.1 Å². The second kappa shape index (κ2) is 8.41. The van der Waals surface area contributed by atoms with Crippen LogP contribution < -0.4 is 10.5 Å². The molecule has 4 nitrogen and oxygen atoms in total. The molecule has 3 aromatic carbocycles. The van der Waals surface area contributed by atoms with Gasteiger partial charge in [-0.25, -0.2) is 0 Å². The summed E-state index contributed by atoms with van der Waals surface area (Å²) in [4.78, 5) is 1.70. The molecule has 7 heteroatoms. The molecule has 1 atom stereocenters. The van der Waals surface area contributed by atoms with Gasteiger partial charge in [0.25, 0.3) is 0 Å². The lowest BCUT2D eigenvalue weighted by Gasteiger charge is -2.12. The molecular weight excluding hydrogens is 418 g/mol. The first-order valence-electron chi connectivity index (χ1n) is 8.85. The minimum atomic E-state index is -1.06. The molecule has 0 saturated carbocycles. The van der Waals surface area contributed by atoms with Gasteiger partial charge in [0.05, 0.1) is 21.4 Å². The summed E-state index contributed by atoms with van der Waals surface area (Å²) in [6.45, 7) is 0. The van der Waals surface area contributed by atoms with Gasteiger partial charge in [-0.2, -0.15) is 0 Å². The van der Waals surface area contributed by atoms with E-state index in [9.17, 15) is 4.21 Å². The van der Waals surface area contributed by atoms with Crippen molar-refractivity contribution >= 4 is 61.3 Å². The predicted molar refractivity (Wildman–Crippen MR) is 127 cm³/mol. The zero-order chi connectivity index (χ0) is 20.4. The van der Waals surface area contributed by atoms with E-state index in [1.54, 1.807) is 17.6 Å². The highest BCUT2D eigenvalue weighted by Gasteiger charge is 2.14. The second-order valence-electron chi connectivity index (χ2n) is 6.43. The quantitative estimate of drug-likeness (QED) is 0.204. The van der Waals surface area contributed by atoms with E-state index in [4.69, 9.17) is 11.1 Å². The summed E-state index contributed by atoms with van der Waals surface area (Å²) in [6, 6.07) is 21.3. The Bertz CT molecular complexity index is 1230. The molecule has 4 rings (SSSR count). The Morgan fingerprint density at radius 3 is 2.66 bits per heavy atom. The predicted octanol–water partition coefficient (Wildman–Crippen LogP) is 5.76. The number of hydrogen-bond donors (Lipinski definition) is 3. The molecule has 0 spiro atoms. The van der Waals surface area contributed by atoms with Crippen molar-refractivity contribution in [2.24, 2.45) is 0 Å². The van der Waals surface area contributed by atoms with Gasteiger partial charge in [0.1, 0.15) is 0 Å². The van der Waals surface area contributed by atoms with Crippen molar-refractivity contribution in [2.45, 2.75) is 9.79 Å². The lowest BCUT2D eigenvalue weighted by Crippen LogP contribution is -2.05. The molecule has 4 N–H and O–H groups in total. The maximum atomic E-state index is 11.9. The van der Waals surface area contributed by atoms with Crippen LogP contribution in [0.2, 0.25) is 0 Å². The number of nitrogens with one attached hydrogen (secondary N) is 2. The van der Waals surface area contributed by atoms with Crippen molar-refractivity contribution in [3.05, 3.63) is 83.2 Å². The van der Waals surface area contributed by atoms with Crippen molar-refractivity contribution in [1.82, 2.24) is 0 Å². The first-order chi connectivity index (χ1) is 14.0. The Labute approximate surface area is 180 Å². The van der Waals surface area contributed by atoms with Gasteiger partial charge in [0.2, 0.25) is 0 Å². The number of fused-ring (bicyclic) bond motifs is 1. The third kappa shape index (κ3) is 4.07. The largest absolute Gasteiger partial charge is 0.398 e. The molecule has 1 heterocycles. The van der Waals surface area contributed by atoms with Crippen LogP contribution in [0.4, 0.5) is 11.4 Å². The van der Waals surface area contributed by atoms with Crippen LogP contribution in [0.15, 0.2) is 81.9 Å². The highest BCUT2D eigenvalue weighted by Crippen LogP contribution is 2.31. The number of benzene rings is 3. The van der Waals surface area contributed by atoms with Crippen molar-refractivity contribution in [3.63, 3.8) is 0 Å². The van der Waals surface area contributed by atoms with Gasteiger partial charge in [-0.15, -0.1) is 11.3 Å². The number of nitrogen functional groups attached to an aromatic ring is 1. The minimum Gasteiger partial charge on any atom is -0.398 e. The molecule has 146 valence electrons. The minimum absolute atomic E-state index is 0.406. The molecule has 0 radical (unpaired) electrons. The Hall–Kier alpha value is -2.61. The third-order valence-electron chi connectivity index (χ3n) is 4.51. The van der Waals surface area contributed by atoms with E-state index in [1.165, 1.54) is 11.9 Å². The normalized spacial score (nSPS) is 12.0. The summed E-state index contributed by atoms with van der Waals surface area (Å²) in [5.41, 5.74) is 9.57. The maximum Gasteiger partial charge on any atom is 0.0720 e. The van der Waals surface area contributed by atoms with E-state index in [1.807, 2.05) is 66.0 Å². The zero-order valence-electron chi connectivity index (χ0n) is 15.6. The van der Waals surface area contributed by atoms with E-state index in [2.05, 4.69) is 10.8 Å². The van der Waals surface area contributed by atoms with Crippen LogP contribution in [0, 0.1) is 5.41 Å². The van der Waals surface area contributed by atoms with E-state index < -0.39 is 10.8 Å². The molecule has 0 amide bonds. The summed E-state index contributed by atoms with van der Waals surface area (Å²) in [6.07, 6.45) is 1.67. The van der Waals surface area contributed by atoms with Gasteiger partial charge in [-0.05, 0) is 48.3 Å². The molecule has 0 fully saturated rings. The fourth-order valence-corrected chi connectivity index (χ4v) is 5.76. The smallest absolute Gasteiger partial charge is 0.0720 e. The monoisotopic (exact) mass is 437 g/mol. The topological polar surface area (TPSA) is 79.0 Å². The molecule has 0 aliphatic heterocycles. The summed E-state index contributed by atoms with van der Waals surface area (Å²) in [5.74, 6) is 0. The molecule has 1 unspecified atom stereocenters. The fraction of sp³-hybridized carbons (Fsp3) is 0.0455. The average Bonchev–Trinajstić information content (AvgIpc) is 3.17. The average molecular weight is 438 g/mol. The Morgan fingerprint density at radius 2 is 1.83 bits per heavy atom. The Morgan fingerprint density at radius 1 is 1.07 bits per heavy atom. The van der Waals surface area contributed by atoms with Crippen LogP contribution in [0.5, 0.6) is 0 Å². The lowest BCUT2D eigenvalue weighted by molar-refractivity contribution is 0.685. The summed E-state index contributed by atoms with van der Waals surface area (Å²) in [7, 11) is -1.06. The fourth-order valence-electron chi connectivity index (χ4n) is 3.04. The number of thiophene rings is 1. The van der Waals surface area contributed by atoms with Crippen molar-refractivity contribution < 1.29 is 4.21 Å². The molecule has 0 aliphatic rings. The van der Waals surface area contributed by atoms with E-state index in [-0.39, 0.29) is 0 Å². The van der Waals surface area contributed by atoms with E-state index >= 15 is 0 Å². The molecule has 1 aromatic heterocycles. The van der Waals surface area contributed by atoms with Gasteiger partial charge in [-0.1, -0.05) is 30.3 Å². The maximum absolute atomic E-state index is 11.9. The highest BCUT2D eigenvalue weighted by molar-refractivity contribution is 8.01. The number of nitrogens with two attached hydrogens (primary N) is 1. The molecule has 0 saturated heterocycles. The van der Waals surface area contributed by atoms with Crippen LogP contribution in [-0.4, -0.2) is 16.2 Å². The van der Waals surface area contributed by atoms with Crippen LogP contribution in [0.25, 0.3) is 10.1 Å². The number of anilines is 2. The van der Waals surface area contributed by atoms with Gasteiger partial charge < -0.3 is 10.5 Å². The first kappa shape index (κ1) is 19.7. The van der Waals surface area contributed by atoms with Gasteiger partial charge >= 0.3 is 0 Å². The van der Waals surface area contributed by atoms with Crippen LogP contribution in [0.3, 0.4) is 0 Å². The Balaban J connectivity index is 1.61. The van der Waals surface area contributed by atoms with Gasteiger partial charge in [-0.3, -0.25) is 9.62 Å². The number of rotatable bonds is 6. The highest BCUT2D eigenvalue weighted by atomic mass is 32.2. The number of hydrogen-bond acceptors (Lipinski definition) is 6. The van der Waals surface area contributed by atoms with E-state index in [0.29, 0.717) is 17.0 Å². The first-order valence-corrected chi connectivity index (χ1v) is 12.1.